The highest BCUT2D eigenvalue weighted by Gasteiger charge is 2.15. The third kappa shape index (κ3) is 5.68. The fraction of sp³-hybridized carbons (Fsp3) is 0.588. The van der Waals surface area contributed by atoms with Crippen molar-refractivity contribution in [2.75, 3.05) is 13.1 Å². The van der Waals surface area contributed by atoms with Gasteiger partial charge in [0, 0.05) is 17.1 Å². The van der Waals surface area contributed by atoms with E-state index in [9.17, 15) is 9.90 Å². The molecule has 1 aromatic rings. The summed E-state index contributed by atoms with van der Waals surface area (Å²) < 4.78 is 0. The molecule has 0 aromatic heterocycles. The van der Waals surface area contributed by atoms with E-state index in [1.165, 1.54) is 13.0 Å². The maximum Gasteiger partial charge on any atom is 0.163 e. The molecule has 1 N–H and O–H groups in total. The Balaban J connectivity index is 2.93. The number of halogens is 1. The third-order valence-corrected chi connectivity index (χ3v) is 3.80. The van der Waals surface area contributed by atoms with Gasteiger partial charge in [-0.2, -0.15) is 0 Å². The number of phenols is 1. The molecule has 118 valence electrons. The van der Waals surface area contributed by atoms with Gasteiger partial charge < -0.3 is 5.11 Å². The monoisotopic (exact) mass is 311 g/mol. The molecule has 0 aliphatic heterocycles. The molecule has 0 fully saturated rings. The van der Waals surface area contributed by atoms with Crippen molar-refractivity contribution in [1.29, 1.82) is 0 Å². The van der Waals surface area contributed by atoms with Gasteiger partial charge in [0.1, 0.15) is 5.75 Å². The number of phenolic OH excluding ortho intramolecular Hbond substituents is 1. The smallest absolute Gasteiger partial charge is 0.163 e. The number of hydrogen-bond acceptors (Lipinski definition) is 3. The van der Waals surface area contributed by atoms with Crippen LogP contribution in [0.15, 0.2) is 12.1 Å². The molecule has 0 atom stereocenters. The Labute approximate surface area is 132 Å². The number of hydrogen-bond donors (Lipinski definition) is 1. The van der Waals surface area contributed by atoms with Crippen molar-refractivity contribution >= 4 is 17.4 Å². The van der Waals surface area contributed by atoms with Gasteiger partial charge in [0.15, 0.2) is 5.78 Å². The van der Waals surface area contributed by atoms with Gasteiger partial charge in [-0.25, -0.2) is 0 Å². The first-order valence-electron chi connectivity index (χ1n) is 7.74. The van der Waals surface area contributed by atoms with Crippen LogP contribution in [0.1, 0.15) is 62.4 Å². The predicted octanol–water partition coefficient (Wildman–Crippen LogP) is 4.65. The van der Waals surface area contributed by atoms with E-state index in [2.05, 4.69) is 18.7 Å². The summed E-state index contributed by atoms with van der Waals surface area (Å²) in [6.07, 6.45) is 4.54. The van der Waals surface area contributed by atoms with Crippen LogP contribution in [0.25, 0.3) is 0 Å². The van der Waals surface area contributed by atoms with Crippen molar-refractivity contribution in [2.24, 2.45) is 0 Å². The molecule has 0 radical (unpaired) electrons. The molecule has 0 spiro atoms. The highest BCUT2D eigenvalue weighted by Crippen LogP contribution is 2.29. The molecule has 3 nitrogen and oxygen atoms in total. The van der Waals surface area contributed by atoms with Gasteiger partial charge in [-0.1, -0.05) is 38.3 Å². The molecule has 21 heavy (non-hydrogen) atoms. The van der Waals surface area contributed by atoms with Gasteiger partial charge >= 0.3 is 0 Å². The maximum absolute atomic E-state index is 11.6. The highest BCUT2D eigenvalue weighted by atomic mass is 35.5. The Hall–Kier alpha value is -1.06. The van der Waals surface area contributed by atoms with Gasteiger partial charge in [-0.05, 0) is 45.0 Å². The van der Waals surface area contributed by atoms with Crippen LogP contribution in [0, 0.1) is 0 Å². The molecule has 0 aliphatic rings. The molecule has 0 saturated carbocycles. The lowest BCUT2D eigenvalue weighted by atomic mass is 10.0. The van der Waals surface area contributed by atoms with Gasteiger partial charge in [-0.15, -0.1) is 0 Å². The lowest BCUT2D eigenvalue weighted by Gasteiger charge is -2.23. The third-order valence-electron chi connectivity index (χ3n) is 3.58. The summed E-state index contributed by atoms with van der Waals surface area (Å²) in [5.74, 6) is -0.0881. The van der Waals surface area contributed by atoms with E-state index in [1.54, 1.807) is 6.07 Å². The fourth-order valence-electron chi connectivity index (χ4n) is 2.32. The lowest BCUT2D eigenvalue weighted by molar-refractivity contribution is 0.101. The molecular weight excluding hydrogens is 286 g/mol. The topological polar surface area (TPSA) is 40.5 Å². The van der Waals surface area contributed by atoms with E-state index in [0.29, 0.717) is 17.1 Å². The van der Waals surface area contributed by atoms with Crippen LogP contribution in [-0.4, -0.2) is 28.9 Å². The van der Waals surface area contributed by atoms with Crippen molar-refractivity contribution in [3.63, 3.8) is 0 Å². The van der Waals surface area contributed by atoms with Crippen LogP contribution in [0.4, 0.5) is 0 Å². The van der Waals surface area contributed by atoms with E-state index in [1.807, 2.05) is 0 Å². The number of nitrogens with zero attached hydrogens (tertiary/aromatic N) is 1. The molecule has 0 aliphatic carbocycles. The van der Waals surface area contributed by atoms with E-state index < -0.39 is 0 Å². The minimum absolute atomic E-state index is 0.0740. The Bertz CT molecular complexity index is 466. The summed E-state index contributed by atoms with van der Waals surface area (Å²) in [6, 6.07) is 3.29. The van der Waals surface area contributed by atoms with E-state index in [0.717, 1.165) is 44.3 Å². The second-order valence-electron chi connectivity index (χ2n) is 5.50. The number of unbranched alkanes of at least 4 members (excludes halogenated alkanes) is 2. The number of Topliss-reactive ketones (excluding diaryl/α,β-unsaturated/α-hetero) is 1. The standard InChI is InChI=1S/C17H26ClNO2/c1-4-6-8-19(9-7-5-2)12-14-10-15(18)11-16(13(3)20)17(14)21/h10-11,21H,4-9,12H2,1-3H3. The van der Waals surface area contributed by atoms with Gasteiger partial charge in [-0.3, -0.25) is 9.69 Å². The zero-order chi connectivity index (χ0) is 15.8. The molecule has 0 bridgehead atoms. The maximum atomic E-state index is 11.6. The number of carbonyl (C=O) groups is 1. The highest BCUT2D eigenvalue weighted by molar-refractivity contribution is 6.31. The van der Waals surface area contributed by atoms with Crippen LogP contribution in [0.5, 0.6) is 5.75 Å². The SMILES string of the molecule is CCCCN(CCCC)Cc1cc(Cl)cc(C(C)=O)c1O. The van der Waals surface area contributed by atoms with Crippen LogP contribution < -0.4 is 0 Å². The number of rotatable bonds is 9. The van der Waals surface area contributed by atoms with Crippen LogP contribution in [0.3, 0.4) is 0 Å². The second-order valence-corrected chi connectivity index (χ2v) is 5.94. The van der Waals surface area contributed by atoms with Crippen LogP contribution in [-0.2, 0) is 6.54 Å². The van der Waals surface area contributed by atoms with Crippen LogP contribution in [0.2, 0.25) is 5.02 Å². The average Bonchev–Trinajstić information content (AvgIpc) is 2.44. The normalized spacial score (nSPS) is 11.1. The molecule has 0 amide bonds. The van der Waals surface area contributed by atoms with Crippen molar-refractivity contribution in [3.8, 4) is 5.75 Å². The summed E-state index contributed by atoms with van der Waals surface area (Å²) in [7, 11) is 0. The van der Waals surface area contributed by atoms with Crippen molar-refractivity contribution in [3.05, 3.63) is 28.3 Å². The first-order chi connectivity index (χ1) is 9.99. The van der Waals surface area contributed by atoms with Gasteiger partial charge in [0.25, 0.3) is 0 Å². The summed E-state index contributed by atoms with van der Waals surface area (Å²) in [6.45, 7) is 8.41. The number of carbonyl (C=O) groups excluding carboxylic acids is 1. The van der Waals surface area contributed by atoms with Crippen LogP contribution >= 0.6 is 11.6 Å². The summed E-state index contributed by atoms with van der Waals surface area (Å²) in [5, 5.41) is 10.8. The zero-order valence-corrected chi connectivity index (χ0v) is 14.0. The molecular formula is C17H26ClNO2. The van der Waals surface area contributed by atoms with Crippen molar-refractivity contribution in [2.45, 2.75) is 53.0 Å². The Kier molecular flexibility index (Phi) is 7.76. The average molecular weight is 312 g/mol. The molecule has 0 saturated heterocycles. The predicted molar refractivity (Wildman–Crippen MR) is 88.2 cm³/mol. The largest absolute Gasteiger partial charge is 0.507 e. The van der Waals surface area contributed by atoms with E-state index in [-0.39, 0.29) is 11.5 Å². The van der Waals surface area contributed by atoms with Crippen molar-refractivity contribution < 1.29 is 9.90 Å². The van der Waals surface area contributed by atoms with Gasteiger partial charge in [0.05, 0.1) is 5.56 Å². The summed E-state index contributed by atoms with van der Waals surface area (Å²) in [5.41, 5.74) is 1.04. The minimum Gasteiger partial charge on any atom is -0.507 e. The quantitative estimate of drug-likeness (QED) is 0.675. The number of ketones is 1. The van der Waals surface area contributed by atoms with Crippen molar-refractivity contribution in [1.82, 2.24) is 4.90 Å². The van der Waals surface area contributed by atoms with E-state index >= 15 is 0 Å². The first kappa shape index (κ1) is 18.0. The van der Waals surface area contributed by atoms with E-state index in [4.69, 9.17) is 11.6 Å². The summed E-state index contributed by atoms with van der Waals surface area (Å²) in [4.78, 5) is 13.9. The number of benzene rings is 1. The number of aromatic hydroxyl groups is 1. The zero-order valence-electron chi connectivity index (χ0n) is 13.3. The first-order valence-corrected chi connectivity index (χ1v) is 8.12. The second kappa shape index (κ2) is 9.06. The Morgan fingerprint density at radius 3 is 2.24 bits per heavy atom. The molecule has 0 unspecified atom stereocenters. The molecule has 1 aromatic carbocycles. The summed E-state index contributed by atoms with van der Waals surface area (Å²) >= 11 is 6.08. The molecule has 4 heteroatoms. The Morgan fingerprint density at radius 2 is 1.76 bits per heavy atom. The van der Waals surface area contributed by atoms with Gasteiger partial charge in [0.2, 0.25) is 0 Å². The lowest BCUT2D eigenvalue weighted by Crippen LogP contribution is -2.25. The molecule has 1 rings (SSSR count). The molecule has 0 heterocycles. The Morgan fingerprint density at radius 1 is 1.19 bits per heavy atom. The fourth-order valence-corrected chi connectivity index (χ4v) is 2.56. The minimum atomic E-state index is -0.162.